The molecule has 1 aromatic rings. The first-order valence-electron chi connectivity index (χ1n) is 4.24. The first-order valence-corrected chi connectivity index (χ1v) is 4.24. The first kappa shape index (κ1) is 7.33. The summed E-state index contributed by atoms with van der Waals surface area (Å²) >= 11 is 0. The second-order valence-corrected chi connectivity index (χ2v) is 3.09. The number of benzene rings is 1. The van der Waals surface area contributed by atoms with E-state index in [9.17, 15) is 0 Å². The SMILES string of the molecule is C1=CC(Cc2ccccc2)CN=1. The van der Waals surface area contributed by atoms with Crippen molar-refractivity contribution in [2.45, 2.75) is 6.42 Å². The Balaban J connectivity index is 2.00. The van der Waals surface area contributed by atoms with Gasteiger partial charge in [0.1, 0.15) is 0 Å². The highest BCUT2D eigenvalue weighted by Gasteiger charge is 2.07. The Kier molecular flexibility index (Phi) is 2.06. The van der Waals surface area contributed by atoms with E-state index in [1.54, 1.807) is 0 Å². The third-order valence-corrected chi connectivity index (χ3v) is 2.07. The smallest absolute Gasteiger partial charge is 0.0556 e. The summed E-state index contributed by atoms with van der Waals surface area (Å²) in [5, 5.41) is 0. The molecule has 60 valence electrons. The Morgan fingerprint density at radius 3 is 2.83 bits per heavy atom. The Morgan fingerprint density at radius 1 is 1.33 bits per heavy atom. The molecule has 0 aliphatic carbocycles. The van der Waals surface area contributed by atoms with Crippen molar-refractivity contribution in [1.29, 1.82) is 0 Å². The van der Waals surface area contributed by atoms with E-state index in [1.807, 2.05) is 6.07 Å². The quantitative estimate of drug-likeness (QED) is 0.623. The zero-order chi connectivity index (χ0) is 8.23. The van der Waals surface area contributed by atoms with E-state index < -0.39 is 0 Å². The monoisotopic (exact) mass is 157 g/mol. The van der Waals surface area contributed by atoms with Crippen LogP contribution in [0.2, 0.25) is 0 Å². The number of hydrogen-bond donors (Lipinski definition) is 0. The van der Waals surface area contributed by atoms with Gasteiger partial charge in [-0.3, -0.25) is 0 Å². The van der Waals surface area contributed by atoms with Crippen LogP contribution in [-0.4, -0.2) is 12.4 Å². The molecule has 0 fully saturated rings. The van der Waals surface area contributed by atoms with Crippen LogP contribution >= 0.6 is 0 Å². The van der Waals surface area contributed by atoms with Crippen LogP contribution in [0.3, 0.4) is 0 Å². The highest BCUT2D eigenvalue weighted by molar-refractivity contribution is 5.55. The van der Waals surface area contributed by atoms with Crippen molar-refractivity contribution in [2.24, 2.45) is 10.9 Å². The summed E-state index contributed by atoms with van der Waals surface area (Å²) < 4.78 is 0. The van der Waals surface area contributed by atoms with Gasteiger partial charge in [0.25, 0.3) is 0 Å². The second-order valence-electron chi connectivity index (χ2n) is 3.09. The van der Waals surface area contributed by atoms with Crippen molar-refractivity contribution < 1.29 is 0 Å². The van der Waals surface area contributed by atoms with E-state index in [1.165, 1.54) is 5.56 Å². The highest BCUT2D eigenvalue weighted by Crippen LogP contribution is 2.11. The van der Waals surface area contributed by atoms with E-state index in [0.717, 1.165) is 13.0 Å². The van der Waals surface area contributed by atoms with Gasteiger partial charge in [-0.1, -0.05) is 30.3 Å². The molecule has 0 aromatic heterocycles. The fourth-order valence-electron chi connectivity index (χ4n) is 1.42. The molecule has 2 rings (SSSR count). The van der Waals surface area contributed by atoms with Gasteiger partial charge in [-0.05, 0) is 23.9 Å². The van der Waals surface area contributed by atoms with Crippen molar-refractivity contribution in [3.8, 4) is 0 Å². The van der Waals surface area contributed by atoms with E-state index in [4.69, 9.17) is 0 Å². The van der Waals surface area contributed by atoms with Crippen LogP contribution in [0, 0.1) is 5.92 Å². The number of rotatable bonds is 2. The Morgan fingerprint density at radius 2 is 2.17 bits per heavy atom. The Bertz CT molecular complexity index is 307. The molecule has 1 unspecified atom stereocenters. The third-order valence-electron chi connectivity index (χ3n) is 2.07. The molecule has 1 nitrogen and oxygen atoms in total. The minimum absolute atomic E-state index is 0.576. The van der Waals surface area contributed by atoms with Gasteiger partial charge < -0.3 is 0 Å². The van der Waals surface area contributed by atoms with Gasteiger partial charge >= 0.3 is 0 Å². The largest absolute Gasteiger partial charge is 0.243 e. The minimum Gasteiger partial charge on any atom is -0.243 e. The predicted molar refractivity (Wildman–Crippen MR) is 50.5 cm³/mol. The van der Waals surface area contributed by atoms with Crippen LogP contribution in [-0.2, 0) is 6.42 Å². The normalized spacial score (nSPS) is 20.2. The van der Waals surface area contributed by atoms with Crippen molar-refractivity contribution in [2.75, 3.05) is 6.54 Å². The Labute approximate surface area is 72.5 Å². The molecule has 12 heavy (non-hydrogen) atoms. The minimum atomic E-state index is 0.576. The van der Waals surface area contributed by atoms with Gasteiger partial charge in [0.2, 0.25) is 0 Å². The number of nitrogens with zero attached hydrogens (tertiary/aromatic N) is 1. The molecule has 0 spiro atoms. The number of hydrogen-bond acceptors (Lipinski definition) is 1. The average molecular weight is 157 g/mol. The molecule has 0 radical (unpaired) electrons. The zero-order valence-electron chi connectivity index (χ0n) is 6.90. The van der Waals surface area contributed by atoms with Gasteiger partial charge in [-0.25, -0.2) is 4.99 Å². The molecule has 1 heteroatoms. The molecule has 0 bridgehead atoms. The summed E-state index contributed by atoms with van der Waals surface area (Å²) in [5.41, 5.74) is 1.39. The van der Waals surface area contributed by atoms with Crippen LogP contribution in [0.15, 0.2) is 41.4 Å². The molecule has 0 N–H and O–H groups in total. The maximum atomic E-state index is 4.06. The lowest BCUT2D eigenvalue weighted by atomic mass is 10.0. The molecule has 1 aromatic carbocycles. The van der Waals surface area contributed by atoms with Crippen molar-refractivity contribution in [3.63, 3.8) is 0 Å². The molecule has 1 aliphatic heterocycles. The van der Waals surface area contributed by atoms with Crippen molar-refractivity contribution >= 4 is 5.87 Å². The zero-order valence-corrected chi connectivity index (χ0v) is 6.90. The van der Waals surface area contributed by atoms with Crippen molar-refractivity contribution in [3.05, 3.63) is 42.0 Å². The van der Waals surface area contributed by atoms with E-state index >= 15 is 0 Å². The van der Waals surface area contributed by atoms with Crippen LogP contribution in [0.25, 0.3) is 0 Å². The molecule has 0 saturated heterocycles. The van der Waals surface area contributed by atoms with E-state index in [2.05, 4.69) is 41.2 Å². The number of aliphatic imine (C=N–C) groups is 1. The maximum Gasteiger partial charge on any atom is 0.0556 e. The summed E-state index contributed by atoms with van der Waals surface area (Å²) in [7, 11) is 0. The predicted octanol–water partition coefficient (Wildman–Crippen LogP) is 2.08. The fourth-order valence-corrected chi connectivity index (χ4v) is 1.42. The summed E-state index contributed by atoms with van der Waals surface area (Å²) in [4.78, 5) is 4.06. The van der Waals surface area contributed by atoms with Gasteiger partial charge in [0, 0.05) is 5.92 Å². The fraction of sp³-hybridized carbons (Fsp3) is 0.273. The van der Waals surface area contributed by atoms with Crippen LogP contribution in [0.1, 0.15) is 5.56 Å². The molecule has 0 saturated carbocycles. The van der Waals surface area contributed by atoms with E-state index in [-0.39, 0.29) is 0 Å². The van der Waals surface area contributed by atoms with Gasteiger partial charge in [0.05, 0.1) is 6.54 Å². The van der Waals surface area contributed by atoms with Gasteiger partial charge in [-0.15, -0.1) is 0 Å². The van der Waals surface area contributed by atoms with Crippen LogP contribution < -0.4 is 0 Å². The standard InChI is InChI=1S/C11H11N/c1-2-4-10(5-3-1)8-11-6-7-12-9-11/h1-6,11H,8-9H2. The summed E-state index contributed by atoms with van der Waals surface area (Å²) in [6.07, 6.45) is 3.16. The molecule has 1 heterocycles. The topological polar surface area (TPSA) is 12.4 Å². The van der Waals surface area contributed by atoms with E-state index in [0.29, 0.717) is 5.92 Å². The molecular formula is C11H11N. The average Bonchev–Trinajstić information content (AvgIpc) is 2.59. The summed E-state index contributed by atoms with van der Waals surface area (Å²) in [5.74, 6) is 3.47. The lowest BCUT2D eigenvalue weighted by Crippen LogP contribution is -2.01. The lowest BCUT2D eigenvalue weighted by molar-refractivity contribution is 0.682. The molecule has 1 aliphatic rings. The third kappa shape index (κ3) is 1.63. The molecule has 0 amide bonds. The first-order chi connectivity index (χ1) is 5.95. The Hall–Kier alpha value is -1.33. The lowest BCUT2D eigenvalue weighted by Gasteiger charge is -2.04. The summed E-state index contributed by atoms with van der Waals surface area (Å²) in [6.45, 7) is 0.912. The maximum absolute atomic E-state index is 4.06. The molecular weight excluding hydrogens is 146 g/mol. The van der Waals surface area contributed by atoms with Crippen molar-refractivity contribution in [1.82, 2.24) is 0 Å². The highest BCUT2D eigenvalue weighted by atomic mass is 14.7. The van der Waals surface area contributed by atoms with Crippen LogP contribution in [0.4, 0.5) is 0 Å². The summed E-state index contributed by atoms with van der Waals surface area (Å²) in [6, 6.07) is 10.5. The molecule has 1 atom stereocenters. The van der Waals surface area contributed by atoms with Crippen LogP contribution in [0.5, 0.6) is 0 Å². The van der Waals surface area contributed by atoms with Gasteiger partial charge in [-0.2, -0.15) is 0 Å². The second kappa shape index (κ2) is 3.38. The van der Waals surface area contributed by atoms with Gasteiger partial charge in [0.15, 0.2) is 0 Å².